The van der Waals surface area contributed by atoms with Crippen LogP contribution in [-0.2, 0) is 4.79 Å². The highest BCUT2D eigenvalue weighted by molar-refractivity contribution is 5.95. The molecule has 2 atom stereocenters. The minimum atomic E-state index is -0.404. The van der Waals surface area contributed by atoms with Gasteiger partial charge < -0.3 is 0 Å². The molecular formula is C9H11NO. The third kappa shape index (κ3) is 1.48. The van der Waals surface area contributed by atoms with Gasteiger partial charge in [0.1, 0.15) is 5.92 Å². The number of rotatable bonds is 0. The molecule has 2 heteroatoms. The largest absolute Gasteiger partial charge is 0.293 e. The molecule has 0 saturated carbocycles. The number of carbonyl (C=O) groups excluding carboxylic acids is 1. The Labute approximate surface area is 66.5 Å². The van der Waals surface area contributed by atoms with Crippen molar-refractivity contribution in [1.82, 2.24) is 0 Å². The van der Waals surface area contributed by atoms with Crippen LogP contribution in [0.15, 0.2) is 11.6 Å². The van der Waals surface area contributed by atoms with Crippen LogP contribution in [0.5, 0.6) is 0 Å². The molecule has 0 aromatic rings. The van der Waals surface area contributed by atoms with Crippen molar-refractivity contribution >= 4 is 5.78 Å². The average Bonchev–Trinajstić information content (AvgIpc) is 1.85. The van der Waals surface area contributed by atoms with Gasteiger partial charge in [0.25, 0.3) is 0 Å². The van der Waals surface area contributed by atoms with E-state index in [1.54, 1.807) is 6.08 Å². The SMILES string of the molecule is CC1=CC(=O)C(C#N)[C@@H](C)C1. The Bertz CT molecular complexity index is 247. The van der Waals surface area contributed by atoms with Crippen molar-refractivity contribution < 1.29 is 4.79 Å². The van der Waals surface area contributed by atoms with Gasteiger partial charge in [-0.25, -0.2) is 0 Å². The molecule has 0 aliphatic heterocycles. The van der Waals surface area contributed by atoms with Crippen LogP contribution in [0.25, 0.3) is 0 Å². The highest BCUT2D eigenvalue weighted by atomic mass is 16.1. The van der Waals surface area contributed by atoms with Crippen molar-refractivity contribution in [2.24, 2.45) is 11.8 Å². The Morgan fingerprint density at radius 1 is 1.73 bits per heavy atom. The summed E-state index contributed by atoms with van der Waals surface area (Å²) in [5.41, 5.74) is 1.09. The fraction of sp³-hybridized carbons (Fsp3) is 0.556. The minimum Gasteiger partial charge on any atom is -0.293 e. The summed E-state index contributed by atoms with van der Waals surface area (Å²) in [7, 11) is 0. The van der Waals surface area contributed by atoms with Crippen LogP contribution in [0.3, 0.4) is 0 Å². The van der Waals surface area contributed by atoms with Crippen LogP contribution in [-0.4, -0.2) is 5.78 Å². The Kier molecular flexibility index (Phi) is 2.09. The molecule has 2 nitrogen and oxygen atoms in total. The standard InChI is InChI=1S/C9H11NO/c1-6-3-7(2)8(5-10)9(11)4-6/h4,7-8H,3H2,1-2H3/t7-,8?/m0/s1. The molecule has 58 valence electrons. The lowest BCUT2D eigenvalue weighted by atomic mass is 9.81. The summed E-state index contributed by atoms with van der Waals surface area (Å²) in [6, 6.07) is 2.03. The maximum atomic E-state index is 11.1. The lowest BCUT2D eigenvalue weighted by Crippen LogP contribution is -2.23. The molecule has 0 heterocycles. The third-order valence-electron chi connectivity index (χ3n) is 2.05. The first-order valence-electron chi connectivity index (χ1n) is 3.75. The fourth-order valence-electron chi connectivity index (χ4n) is 1.49. The molecular weight excluding hydrogens is 138 g/mol. The molecule has 0 fully saturated rings. The van der Waals surface area contributed by atoms with E-state index in [2.05, 4.69) is 0 Å². The second kappa shape index (κ2) is 2.87. The summed E-state index contributed by atoms with van der Waals surface area (Å²) < 4.78 is 0. The highest BCUT2D eigenvalue weighted by Crippen LogP contribution is 2.25. The van der Waals surface area contributed by atoms with Gasteiger partial charge in [0.05, 0.1) is 6.07 Å². The van der Waals surface area contributed by atoms with E-state index in [0.717, 1.165) is 12.0 Å². The number of ketones is 1. The second-order valence-corrected chi connectivity index (χ2v) is 3.18. The molecule has 0 N–H and O–H groups in total. The van der Waals surface area contributed by atoms with Crippen molar-refractivity contribution in [2.75, 3.05) is 0 Å². The van der Waals surface area contributed by atoms with E-state index in [9.17, 15) is 4.79 Å². The maximum absolute atomic E-state index is 11.1. The molecule has 1 aliphatic carbocycles. The van der Waals surface area contributed by atoms with E-state index in [0.29, 0.717) is 0 Å². The van der Waals surface area contributed by atoms with E-state index in [-0.39, 0.29) is 11.7 Å². The van der Waals surface area contributed by atoms with Gasteiger partial charge in [-0.05, 0) is 25.3 Å². The van der Waals surface area contributed by atoms with Gasteiger partial charge in [0.15, 0.2) is 5.78 Å². The zero-order valence-electron chi connectivity index (χ0n) is 6.79. The highest BCUT2D eigenvalue weighted by Gasteiger charge is 2.27. The predicted octanol–water partition coefficient (Wildman–Crippen LogP) is 1.68. The van der Waals surface area contributed by atoms with Gasteiger partial charge in [0, 0.05) is 0 Å². The van der Waals surface area contributed by atoms with Crippen molar-refractivity contribution in [3.8, 4) is 6.07 Å². The van der Waals surface area contributed by atoms with E-state index in [1.807, 2.05) is 19.9 Å². The van der Waals surface area contributed by atoms with Crippen LogP contribution >= 0.6 is 0 Å². The van der Waals surface area contributed by atoms with Crippen LogP contribution in [0, 0.1) is 23.2 Å². The third-order valence-corrected chi connectivity index (χ3v) is 2.05. The quantitative estimate of drug-likeness (QED) is 0.525. The number of hydrogen-bond donors (Lipinski definition) is 0. The molecule has 0 radical (unpaired) electrons. The van der Waals surface area contributed by atoms with Crippen LogP contribution < -0.4 is 0 Å². The Balaban J connectivity index is 2.88. The molecule has 0 amide bonds. The van der Waals surface area contributed by atoms with Crippen molar-refractivity contribution in [1.29, 1.82) is 5.26 Å². The van der Waals surface area contributed by atoms with Gasteiger partial charge in [-0.2, -0.15) is 5.26 Å². The normalized spacial score (nSPS) is 31.0. The lowest BCUT2D eigenvalue weighted by Gasteiger charge is -2.20. The number of allylic oxidation sites excluding steroid dienone is 2. The van der Waals surface area contributed by atoms with E-state index < -0.39 is 5.92 Å². The molecule has 1 aliphatic rings. The summed E-state index contributed by atoms with van der Waals surface area (Å²) in [4.78, 5) is 11.1. The fourth-order valence-corrected chi connectivity index (χ4v) is 1.49. The number of carbonyl (C=O) groups is 1. The molecule has 1 rings (SSSR count). The van der Waals surface area contributed by atoms with Gasteiger partial charge in [-0.1, -0.05) is 12.5 Å². The van der Waals surface area contributed by atoms with Crippen LogP contribution in [0.4, 0.5) is 0 Å². The summed E-state index contributed by atoms with van der Waals surface area (Å²) in [5.74, 6) is -0.236. The summed E-state index contributed by atoms with van der Waals surface area (Å²) >= 11 is 0. The first kappa shape index (κ1) is 8.00. The molecule has 0 saturated heterocycles. The molecule has 11 heavy (non-hydrogen) atoms. The van der Waals surface area contributed by atoms with Crippen LogP contribution in [0.2, 0.25) is 0 Å². The Hall–Kier alpha value is -1.10. The molecule has 0 spiro atoms. The van der Waals surface area contributed by atoms with Crippen molar-refractivity contribution in [3.05, 3.63) is 11.6 Å². The predicted molar refractivity (Wildman–Crippen MR) is 41.6 cm³/mol. The summed E-state index contributed by atoms with van der Waals surface area (Å²) in [6.07, 6.45) is 2.47. The van der Waals surface area contributed by atoms with E-state index in [4.69, 9.17) is 5.26 Å². The van der Waals surface area contributed by atoms with Crippen molar-refractivity contribution in [2.45, 2.75) is 20.3 Å². The van der Waals surface area contributed by atoms with Gasteiger partial charge in [0.2, 0.25) is 0 Å². The molecule has 0 aromatic heterocycles. The lowest BCUT2D eigenvalue weighted by molar-refractivity contribution is -0.118. The monoisotopic (exact) mass is 149 g/mol. The average molecular weight is 149 g/mol. The Morgan fingerprint density at radius 2 is 2.36 bits per heavy atom. The van der Waals surface area contributed by atoms with Gasteiger partial charge in [-0.3, -0.25) is 4.79 Å². The molecule has 1 unspecified atom stereocenters. The topological polar surface area (TPSA) is 40.9 Å². The van der Waals surface area contributed by atoms with Gasteiger partial charge in [-0.15, -0.1) is 0 Å². The first-order chi connectivity index (χ1) is 5.15. The second-order valence-electron chi connectivity index (χ2n) is 3.18. The number of nitriles is 1. The minimum absolute atomic E-state index is 0.0243. The number of nitrogens with zero attached hydrogens (tertiary/aromatic N) is 1. The summed E-state index contributed by atoms with van der Waals surface area (Å²) in [6.45, 7) is 3.88. The van der Waals surface area contributed by atoms with Crippen molar-refractivity contribution in [3.63, 3.8) is 0 Å². The molecule has 0 aromatic carbocycles. The van der Waals surface area contributed by atoms with Crippen LogP contribution in [0.1, 0.15) is 20.3 Å². The van der Waals surface area contributed by atoms with E-state index in [1.165, 1.54) is 0 Å². The maximum Gasteiger partial charge on any atom is 0.173 e. The smallest absolute Gasteiger partial charge is 0.173 e. The van der Waals surface area contributed by atoms with E-state index >= 15 is 0 Å². The Morgan fingerprint density at radius 3 is 2.82 bits per heavy atom. The first-order valence-corrected chi connectivity index (χ1v) is 3.75. The zero-order chi connectivity index (χ0) is 8.43. The van der Waals surface area contributed by atoms with Gasteiger partial charge >= 0.3 is 0 Å². The molecule has 0 bridgehead atoms. The summed E-state index contributed by atoms with van der Waals surface area (Å²) in [5, 5.41) is 8.62. The zero-order valence-corrected chi connectivity index (χ0v) is 6.79. The number of hydrogen-bond acceptors (Lipinski definition) is 2.